The maximum Gasteiger partial charge on any atom is 0.405 e. The molecule has 1 aromatic rings. The second-order valence-corrected chi connectivity index (χ2v) is 9.75. The minimum atomic E-state index is -4.74. The Morgan fingerprint density at radius 3 is 2.37 bits per heavy atom. The number of alkyl halides is 3. The molecule has 0 fully saturated rings. The normalized spacial score (nSPS) is 25.0. The fraction of sp³-hybridized carbons (Fsp3) is 0.417. The summed E-state index contributed by atoms with van der Waals surface area (Å²) in [5, 5.41) is 45.1. The Kier molecular flexibility index (Phi) is 6.21. The summed E-state index contributed by atoms with van der Waals surface area (Å²) in [7, 11) is 3.09. The zero-order valence-corrected chi connectivity index (χ0v) is 20.1. The van der Waals surface area contributed by atoms with Crippen molar-refractivity contribution >= 4 is 29.1 Å². The summed E-state index contributed by atoms with van der Waals surface area (Å²) >= 11 is 0. The predicted molar refractivity (Wildman–Crippen MR) is 124 cm³/mol. The molecule has 2 amide bonds. The van der Waals surface area contributed by atoms with Crippen LogP contribution in [-0.2, 0) is 16.0 Å². The average Bonchev–Trinajstić information content (AvgIpc) is 2.79. The Morgan fingerprint density at radius 2 is 1.82 bits per heavy atom. The number of aromatic hydroxyl groups is 1. The molecule has 3 aliphatic rings. The molecule has 38 heavy (non-hydrogen) atoms. The number of nitrogens with zero attached hydrogens (tertiary/aromatic N) is 1. The lowest BCUT2D eigenvalue weighted by Crippen LogP contribution is -2.57. The number of nitrogens with one attached hydrogen (secondary N) is 1. The maximum absolute atomic E-state index is 13.7. The number of primary amides is 1. The number of rotatable bonds is 4. The molecule has 0 spiro atoms. The molecule has 1 unspecified atom stereocenters. The van der Waals surface area contributed by atoms with Crippen LogP contribution < -0.4 is 16.0 Å². The number of benzene rings is 1. The Labute approximate surface area is 213 Å². The molecule has 14 heteroatoms. The number of allylic oxidation sites excluding steroid dienone is 2. The quantitative estimate of drug-likeness (QED) is 0.302. The van der Waals surface area contributed by atoms with Crippen LogP contribution in [0.15, 0.2) is 28.7 Å². The highest BCUT2D eigenvalue weighted by molar-refractivity contribution is 6.24. The summed E-state index contributed by atoms with van der Waals surface area (Å²) in [4.78, 5) is 52.4. The molecule has 3 atom stereocenters. The van der Waals surface area contributed by atoms with Crippen molar-refractivity contribution in [3.05, 3.63) is 45.4 Å². The number of ketones is 2. The van der Waals surface area contributed by atoms with Crippen LogP contribution in [0.2, 0.25) is 0 Å². The fourth-order valence-electron chi connectivity index (χ4n) is 5.52. The van der Waals surface area contributed by atoms with Gasteiger partial charge in [0, 0.05) is 37.7 Å². The number of anilines is 1. The highest BCUT2D eigenvalue weighted by atomic mass is 19.4. The van der Waals surface area contributed by atoms with Gasteiger partial charge in [-0.3, -0.25) is 19.2 Å². The van der Waals surface area contributed by atoms with E-state index in [1.54, 1.807) is 19.4 Å². The number of aliphatic hydroxyl groups is 3. The summed E-state index contributed by atoms with van der Waals surface area (Å²) in [6, 6.07) is 1.14. The van der Waals surface area contributed by atoms with E-state index in [0.29, 0.717) is 0 Å². The van der Waals surface area contributed by atoms with Gasteiger partial charge in [0.05, 0.1) is 11.1 Å². The van der Waals surface area contributed by atoms with Crippen LogP contribution in [0.5, 0.6) is 5.75 Å². The van der Waals surface area contributed by atoms with E-state index in [1.807, 2.05) is 0 Å². The van der Waals surface area contributed by atoms with E-state index in [0.717, 1.165) is 6.07 Å². The number of Topliss-reactive ketones (excluding diaryl/α,β-unsaturated/α-hetero) is 2. The minimum Gasteiger partial charge on any atom is -0.511 e. The van der Waals surface area contributed by atoms with Gasteiger partial charge in [0.1, 0.15) is 29.4 Å². The van der Waals surface area contributed by atoms with E-state index in [1.165, 1.54) is 4.90 Å². The number of fused-ring (bicyclic) bond motifs is 3. The molecular formula is C24H24F3N3O8. The SMILES string of the molecule is CN(C)c1cc(C(=O)NCC(F)(F)F)c(O)c2c1CC1C[C@H]3CC(O)=C(C(N)=O)C(=O)[C@@]3(O)C(O)=C1C2=O. The van der Waals surface area contributed by atoms with Crippen LogP contribution in [0.1, 0.15) is 39.1 Å². The van der Waals surface area contributed by atoms with E-state index >= 15 is 0 Å². The van der Waals surface area contributed by atoms with Gasteiger partial charge in [-0.15, -0.1) is 0 Å². The van der Waals surface area contributed by atoms with Crippen LogP contribution in [-0.4, -0.2) is 76.2 Å². The first-order valence-corrected chi connectivity index (χ1v) is 11.4. The predicted octanol–water partition coefficient (Wildman–Crippen LogP) is 0.939. The smallest absolute Gasteiger partial charge is 0.405 e. The van der Waals surface area contributed by atoms with Crippen LogP contribution in [0.25, 0.3) is 0 Å². The van der Waals surface area contributed by atoms with Crippen LogP contribution in [0.4, 0.5) is 18.9 Å². The van der Waals surface area contributed by atoms with Crippen molar-refractivity contribution in [2.45, 2.75) is 31.0 Å². The van der Waals surface area contributed by atoms with E-state index in [2.05, 4.69) is 0 Å². The van der Waals surface area contributed by atoms with E-state index < -0.39 is 93.1 Å². The summed E-state index contributed by atoms with van der Waals surface area (Å²) in [5.74, 6) is -9.70. The zero-order chi connectivity index (χ0) is 28.5. The molecule has 0 aliphatic heterocycles. The Hall–Kier alpha value is -4.07. The zero-order valence-electron chi connectivity index (χ0n) is 20.1. The molecule has 0 bridgehead atoms. The molecule has 3 aliphatic carbocycles. The standard InChI is InChI=1S/C24H24F3N3O8/c1-30(2)12-6-11(22(37)29-7-23(25,26)27)17(32)15-10(12)4-8-3-9-5-13(31)16(21(28)36)20(35)24(9,38)19(34)14(8)18(15)33/h6,8-9,31-32,34,38H,3-5,7H2,1-2H3,(H2,28,36)(H,29,37)/t8?,9-,24-/m0/s1. The summed E-state index contributed by atoms with van der Waals surface area (Å²) in [6.45, 7) is -1.69. The van der Waals surface area contributed by atoms with Gasteiger partial charge in [-0.05, 0) is 30.4 Å². The number of carbonyl (C=O) groups is 4. The number of amides is 2. The fourth-order valence-corrected chi connectivity index (χ4v) is 5.52. The molecule has 0 radical (unpaired) electrons. The lowest BCUT2D eigenvalue weighted by Gasteiger charge is -2.45. The first kappa shape index (κ1) is 27.0. The molecular weight excluding hydrogens is 515 g/mol. The molecule has 4 rings (SSSR count). The van der Waals surface area contributed by atoms with E-state index in [9.17, 15) is 52.8 Å². The van der Waals surface area contributed by atoms with Gasteiger partial charge >= 0.3 is 6.18 Å². The Bertz CT molecular complexity index is 1360. The highest BCUT2D eigenvalue weighted by Gasteiger charge is 2.59. The van der Waals surface area contributed by atoms with Crippen molar-refractivity contribution in [1.82, 2.24) is 5.32 Å². The van der Waals surface area contributed by atoms with Crippen molar-refractivity contribution in [1.29, 1.82) is 0 Å². The minimum absolute atomic E-state index is 0.0279. The highest BCUT2D eigenvalue weighted by Crippen LogP contribution is 2.52. The topological polar surface area (TPSA) is 190 Å². The van der Waals surface area contributed by atoms with Gasteiger partial charge in [-0.2, -0.15) is 13.2 Å². The first-order chi connectivity index (χ1) is 17.5. The van der Waals surface area contributed by atoms with E-state index in [4.69, 9.17) is 5.73 Å². The number of carbonyl (C=O) groups excluding carboxylic acids is 4. The largest absolute Gasteiger partial charge is 0.511 e. The maximum atomic E-state index is 13.7. The number of aliphatic hydroxyl groups excluding tert-OH is 2. The lowest BCUT2D eigenvalue weighted by atomic mass is 9.60. The Balaban J connectivity index is 1.88. The van der Waals surface area contributed by atoms with Crippen molar-refractivity contribution in [2.24, 2.45) is 17.6 Å². The number of phenols is 1. The van der Waals surface area contributed by atoms with Gasteiger partial charge in [0.15, 0.2) is 11.4 Å². The van der Waals surface area contributed by atoms with Crippen LogP contribution >= 0.6 is 0 Å². The van der Waals surface area contributed by atoms with Crippen LogP contribution in [0, 0.1) is 11.8 Å². The lowest BCUT2D eigenvalue weighted by molar-refractivity contribution is -0.144. The first-order valence-electron chi connectivity index (χ1n) is 11.4. The van der Waals surface area contributed by atoms with Crippen molar-refractivity contribution in [3.63, 3.8) is 0 Å². The van der Waals surface area contributed by atoms with Crippen molar-refractivity contribution in [2.75, 3.05) is 25.5 Å². The molecule has 7 N–H and O–H groups in total. The number of halogens is 3. The van der Waals surface area contributed by atoms with Gasteiger partial charge < -0.3 is 36.4 Å². The van der Waals surface area contributed by atoms with Gasteiger partial charge in [-0.1, -0.05) is 0 Å². The van der Waals surface area contributed by atoms with Crippen molar-refractivity contribution in [3.8, 4) is 5.75 Å². The van der Waals surface area contributed by atoms with Gasteiger partial charge in [0.25, 0.3) is 11.8 Å². The third kappa shape index (κ3) is 3.95. The van der Waals surface area contributed by atoms with Gasteiger partial charge in [0.2, 0.25) is 5.78 Å². The Morgan fingerprint density at radius 1 is 1.18 bits per heavy atom. The number of hydrogen-bond donors (Lipinski definition) is 6. The summed E-state index contributed by atoms with van der Waals surface area (Å²) in [6.07, 6.45) is -5.25. The summed E-state index contributed by atoms with van der Waals surface area (Å²) in [5.41, 5.74) is 0.376. The van der Waals surface area contributed by atoms with Crippen molar-refractivity contribution < 1.29 is 52.8 Å². The number of nitrogens with two attached hydrogens (primary N) is 1. The monoisotopic (exact) mass is 539 g/mol. The second kappa shape index (κ2) is 8.75. The molecule has 11 nitrogen and oxygen atoms in total. The molecule has 0 aromatic heterocycles. The van der Waals surface area contributed by atoms with Crippen LogP contribution in [0.3, 0.4) is 0 Å². The average molecular weight is 539 g/mol. The molecule has 0 heterocycles. The number of phenolic OH excluding ortho intramolecular Hbond substituents is 1. The number of hydrogen-bond acceptors (Lipinski definition) is 9. The third-order valence-corrected chi connectivity index (χ3v) is 7.21. The summed E-state index contributed by atoms with van der Waals surface area (Å²) < 4.78 is 37.9. The third-order valence-electron chi connectivity index (χ3n) is 7.21. The second-order valence-electron chi connectivity index (χ2n) is 9.75. The molecule has 0 saturated carbocycles. The van der Waals surface area contributed by atoms with E-state index in [-0.39, 0.29) is 30.5 Å². The molecule has 1 aromatic carbocycles. The van der Waals surface area contributed by atoms with Gasteiger partial charge in [-0.25, -0.2) is 0 Å². The molecule has 204 valence electrons. The molecule has 0 saturated heterocycles.